The normalized spacial score (nSPS) is 16.6. The maximum atomic E-state index is 9.57. The summed E-state index contributed by atoms with van der Waals surface area (Å²) in [5.41, 5.74) is 6.23. The quantitative estimate of drug-likeness (QED) is 0.897. The molecule has 0 amide bonds. The first-order valence-electron chi connectivity index (χ1n) is 7.41. The molecule has 110 valence electrons. The summed E-state index contributed by atoms with van der Waals surface area (Å²) in [7, 11) is 4.11. The van der Waals surface area contributed by atoms with Crippen molar-refractivity contribution < 1.29 is 5.11 Å². The zero-order chi connectivity index (χ0) is 15.0. The van der Waals surface area contributed by atoms with Gasteiger partial charge in [0.05, 0.1) is 6.04 Å². The SMILES string of the molecule is Cc1cc(N(C)C)ccc1NC1CCc2cc(O)ccc21. The van der Waals surface area contributed by atoms with E-state index < -0.39 is 0 Å². The van der Waals surface area contributed by atoms with E-state index >= 15 is 0 Å². The van der Waals surface area contributed by atoms with Crippen LogP contribution >= 0.6 is 0 Å². The highest BCUT2D eigenvalue weighted by atomic mass is 16.3. The molecule has 1 atom stereocenters. The Labute approximate surface area is 126 Å². The highest BCUT2D eigenvalue weighted by molar-refractivity contribution is 5.61. The standard InChI is InChI=1S/C18H22N2O/c1-12-10-14(20(2)3)5-9-17(12)19-18-8-4-13-11-15(21)6-7-16(13)18/h5-7,9-11,18-19,21H,4,8H2,1-3H3. The first kappa shape index (κ1) is 13.8. The highest BCUT2D eigenvalue weighted by Gasteiger charge is 2.22. The van der Waals surface area contributed by atoms with E-state index in [4.69, 9.17) is 0 Å². The van der Waals surface area contributed by atoms with Gasteiger partial charge in [-0.25, -0.2) is 0 Å². The van der Waals surface area contributed by atoms with E-state index in [2.05, 4.69) is 49.4 Å². The number of phenols is 1. The predicted molar refractivity (Wildman–Crippen MR) is 88.3 cm³/mol. The van der Waals surface area contributed by atoms with Gasteiger partial charge in [0.15, 0.2) is 0 Å². The molecule has 0 saturated carbocycles. The third-order valence-corrected chi connectivity index (χ3v) is 4.26. The zero-order valence-corrected chi connectivity index (χ0v) is 12.9. The smallest absolute Gasteiger partial charge is 0.115 e. The van der Waals surface area contributed by atoms with Crippen molar-refractivity contribution in [2.24, 2.45) is 0 Å². The molecule has 0 heterocycles. The number of nitrogens with zero attached hydrogens (tertiary/aromatic N) is 1. The minimum absolute atomic E-state index is 0.338. The number of nitrogens with one attached hydrogen (secondary N) is 1. The summed E-state index contributed by atoms with van der Waals surface area (Å²) < 4.78 is 0. The number of fused-ring (bicyclic) bond motifs is 1. The molecule has 0 radical (unpaired) electrons. The molecule has 0 aliphatic heterocycles. The van der Waals surface area contributed by atoms with Gasteiger partial charge in [-0.15, -0.1) is 0 Å². The monoisotopic (exact) mass is 282 g/mol. The Hall–Kier alpha value is -2.16. The van der Waals surface area contributed by atoms with Gasteiger partial charge < -0.3 is 15.3 Å². The Morgan fingerprint density at radius 2 is 1.95 bits per heavy atom. The predicted octanol–water partition coefficient (Wildman–Crippen LogP) is 3.87. The maximum absolute atomic E-state index is 9.57. The van der Waals surface area contributed by atoms with Gasteiger partial charge >= 0.3 is 0 Å². The Morgan fingerprint density at radius 3 is 2.67 bits per heavy atom. The molecule has 2 N–H and O–H groups in total. The summed E-state index contributed by atoms with van der Waals surface area (Å²) in [6.45, 7) is 2.14. The van der Waals surface area contributed by atoms with Crippen molar-refractivity contribution in [3.8, 4) is 5.75 Å². The number of hydrogen-bond donors (Lipinski definition) is 2. The minimum atomic E-state index is 0.338. The topological polar surface area (TPSA) is 35.5 Å². The second-order valence-electron chi connectivity index (χ2n) is 6.01. The molecule has 1 unspecified atom stereocenters. The molecule has 1 aliphatic carbocycles. The van der Waals surface area contributed by atoms with Gasteiger partial charge in [-0.1, -0.05) is 6.07 Å². The van der Waals surface area contributed by atoms with Gasteiger partial charge in [-0.05, 0) is 66.8 Å². The molecule has 0 aromatic heterocycles. The summed E-state index contributed by atoms with van der Waals surface area (Å²) in [6, 6.07) is 12.5. The molecule has 1 aliphatic rings. The van der Waals surface area contributed by atoms with E-state index in [1.54, 1.807) is 6.07 Å². The van der Waals surface area contributed by atoms with Crippen LogP contribution in [-0.2, 0) is 6.42 Å². The third kappa shape index (κ3) is 2.68. The fraction of sp³-hybridized carbons (Fsp3) is 0.333. The first-order chi connectivity index (χ1) is 10.0. The van der Waals surface area contributed by atoms with Crippen LogP contribution < -0.4 is 10.2 Å². The van der Waals surface area contributed by atoms with E-state index in [1.807, 2.05) is 12.1 Å². The Kier molecular flexibility index (Phi) is 3.50. The molecule has 2 aromatic carbocycles. The fourth-order valence-electron chi connectivity index (χ4n) is 3.03. The largest absolute Gasteiger partial charge is 0.508 e. The van der Waals surface area contributed by atoms with Crippen molar-refractivity contribution in [3.05, 3.63) is 53.1 Å². The van der Waals surface area contributed by atoms with Crippen molar-refractivity contribution in [1.29, 1.82) is 0 Å². The van der Waals surface area contributed by atoms with Crippen LogP contribution in [0.3, 0.4) is 0 Å². The summed E-state index contributed by atoms with van der Waals surface area (Å²) >= 11 is 0. The second-order valence-corrected chi connectivity index (χ2v) is 6.01. The molecule has 0 saturated heterocycles. The van der Waals surface area contributed by atoms with Crippen LogP contribution in [-0.4, -0.2) is 19.2 Å². The van der Waals surface area contributed by atoms with Crippen LogP contribution in [0.4, 0.5) is 11.4 Å². The van der Waals surface area contributed by atoms with Crippen LogP contribution in [0.1, 0.15) is 29.2 Å². The maximum Gasteiger partial charge on any atom is 0.115 e. The molecular formula is C18H22N2O. The van der Waals surface area contributed by atoms with Crippen LogP contribution in [0, 0.1) is 6.92 Å². The highest BCUT2D eigenvalue weighted by Crippen LogP contribution is 2.36. The van der Waals surface area contributed by atoms with Crippen LogP contribution in [0.2, 0.25) is 0 Å². The second kappa shape index (κ2) is 5.32. The minimum Gasteiger partial charge on any atom is -0.508 e. The van der Waals surface area contributed by atoms with Crippen molar-refractivity contribution in [2.75, 3.05) is 24.3 Å². The molecule has 2 aromatic rings. The van der Waals surface area contributed by atoms with E-state index in [0.29, 0.717) is 11.8 Å². The summed E-state index contributed by atoms with van der Waals surface area (Å²) in [6.07, 6.45) is 2.10. The summed E-state index contributed by atoms with van der Waals surface area (Å²) in [4.78, 5) is 2.12. The van der Waals surface area contributed by atoms with Crippen molar-refractivity contribution in [3.63, 3.8) is 0 Å². The average Bonchev–Trinajstić information content (AvgIpc) is 2.83. The Bertz CT molecular complexity index is 664. The lowest BCUT2D eigenvalue weighted by Crippen LogP contribution is -2.11. The Morgan fingerprint density at radius 1 is 1.14 bits per heavy atom. The first-order valence-corrected chi connectivity index (χ1v) is 7.41. The molecule has 3 rings (SSSR count). The van der Waals surface area contributed by atoms with Crippen molar-refractivity contribution in [1.82, 2.24) is 0 Å². The van der Waals surface area contributed by atoms with Gasteiger partial charge in [0.2, 0.25) is 0 Å². The fourth-order valence-corrected chi connectivity index (χ4v) is 3.03. The molecular weight excluding hydrogens is 260 g/mol. The van der Waals surface area contributed by atoms with Gasteiger partial charge in [0, 0.05) is 25.5 Å². The van der Waals surface area contributed by atoms with Crippen LogP contribution in [0.5, 0.6) is 5.75 Å². The van der Waals surface area contributed by atoms with E-state index in [1.165, 1.54) is 28.1 Å². The van der Waals surface area contributed by atoms with Crippen LogP contribution in [0.25, 0.3) is 0 Å². The molecule has 0 bridgehead atoms. The number of benzene rings is 2. The van der Waals surface area contributed by atoms with Crippen molar-refractivity contribution in [2.45, 2.75) is 25.8 Å². The number of phenolic OH excluding ortho intramolecular Hbond substituents is 1. The lowest BCUT2D eigenvalue weighted by Gasteiger charge is -2.20. The van der Waals surface area contributed by atoms with E-state index in [9.17, 15) is 5.11 Å². The molecule has 21 heavy (non-hydrogen) atoms. The molecule has 3 nitrogen and oxygen atoms in total. The van der Waals surface area contributed by atoms with E-state index in [-0.39, 0.29) is 0 Å². The zero-order valence-electron chi connectivity index (χ0n) is 12.9. The lowest BCUT2D eigenvalue weighted by atomic mass is 10.1. The summed E-state index contributed by atoms with van der Waals surface area (Å²) in [5, 5.41) is 13.2. The van der Waals surface area contributed by atoms with E-state index in [0.717, 1.165) is 12.8 Å². The molecule has 3 heteroatoms. The Balaban J connectivity index is 1.83. The lowest BCUT2D eigenvalue weighted by molar-refractivity contribution is 0.474. The number of hydrogen-bond acceptors (Lipinski definition) is 3. The molecule has 0 spiro atoms. The summed E-state index contributed by atoms with van der Waals surface area (Å²) in [5.74, 6) is 0.362. The number of anilines is 2. The van der Waals surface area contributed by atoms with Crippen molar-refractivity contribution >= 4 is 11.4 Å². The van der Waals surface area contributed by atoms with Gasteiger partial charge in [-0.3, -0.25) is 0 Å². The van der Waals surface area contributed by atoms with Gasteiger partial charge in [-0.2, -0.15) is 0 Å². The average molecular weight is 282 g/mol. The third-order valence-electron chi connectivity index (χ3n) is 4.26. The van der Waals surface area contributed by atoms with Gasteiger partial charge in [0.1, 0.15) is 5.75 Å². The number of aryl methyl sites for hydroxylation is 2. The van der Waals surface area contributed by atoms with Crippen LogP contribution in [0.15, 0.2) is 36.4 Å². The van der Waals surface area contributed by atoms with Gasteiger partial charge in [0.25, 0.3) is 0 Å². The number of aromatic hydroxyl groups is 1. The number of rotatable bonds is 3. The molecule has 0 fully saturated rings.